The first kappa shape index (κ1) is 12.0. The van der Waals surface area contributed by atoms with E-state index >= 15 is 0 Å². The van der Waals surface area contributed by atoms with Crippen molar-refractivity contribution in [3.05, 3.63) is 28.2 Å². The Hall–Kier alpha value is -1.07. The average Bonchev–Trinajstić information content (AvgIpc) is 2.26. The molecule has 0 atom stereocenters. The molecular formula is C10H12BrNO3. The molecule has 1 rings (SSSR count). The summed E-state index contributed by atoms with van der Waals surface area (Å²) in [6, 6.07) is 5.19. The van der Waals surface area contributed by atoms with Crippen LogP contribution in [0.3, 0.4) is 0 Å². The number of methoxy groups -OCH3 is 1. The van der Waals surface area contributed by atoms with Crippen LogP contribution in [0, 0.1) is 0 Å². The van der Waals surface area contributed by atoms with Crippen LogP contribution in [0.5, 0.6) is 5.75 Å². The zero-order valence-corrected chi connectivity index (χ0v) is 10.4. The first-order valence-electron chi connectivity index (χ1n) is 4.26. The number of halogens is 1. The Labute approximate surface area is 96.9 Å². The molecule has 4 nitrogen and oxygen atoms in total. The average molecular weight is 274 g/mol. The van der Waals surface area contributed by atoms with Crippen LogP contribution in [0.4, 0.5) is 0 Å². The standard InChI is InChI=1S/C10H12BrNO3/c1-12(15-3)10(13)8-5-4-7(11)6-9(8)14-2/h4-6H,1-3H3. The molecule has 1 aromatic carbocycles. The highest BCUT2D eigenvalue weighted by Gasteiger charge is 2.16. The van der Waals surface area contributed by atoms with Gasteiger partial charge in [-0.25, -0.2) is 5.06 Å². The van der Waals surface area contributed by atoms with Gasteiger partial charge in [0, 0.05) is 11.5 Å². The molecule has 82 valence electrons. The molecule has 1 amide bonds. The van der Waals surface area contributed by atoms with Crippen molar-refractivity contribution >= 4 is 21.8 Å². The summed E-state index contributed by atoms with van der Waals surface area (Å²) >= 11 is 3.30. The molecule has 0 heterocycles. The Kier molecular flexibility index (Phi) is 4.11. The highest BCUT2D eigenvalue weighted by atomic mass is 79.9. The third-order valence-corrected chi connectivity index (χ3v) is 2.45. The molecule has 0 saturated heterocycles. The van der Waals surface area contributed by atoms with Gasteiger partial charge in [-0.3, -0.25) is 9.63 Å². The van der Waals surface area contributed by atoms with Crippen LogP contribution in [-0.2, 0) is 4.84 Å². The molecule has 15 heavy (non-hydrogen) atoms. The maximum Gasteiger partial charge on any atom is 0.280 e. The van der Waals surface area contributed by atoms with E-state index in [1.54, 1.807) is 25.2 Å². The zero-order valence-electron chi connectivity index (χ0n) is 8.78. The molecule has 0 aliphatic carbocycles. The Morgan fingerprint density at radius 2 is 2.07 bits per heavy atom. The van der Waals surface area contributed by atoms with Crippen LogP contribution in [0.1, 0.15) is 10.4 Å². The van der Waals surface area contributed by atoms with E-state index in [2.05, 4.69) is 15.9 Å². The fraction of sp³-hybridized carbons (Fsp3) is 0.300. The quantitative estimate of drug-likeness (QED) is 0.792. The van der Waals surface area contributed by atoms with Gasteiger partial charge in [0.05, 0.1) is 19.8 Å². The van der Waals surface area contributed by atoms with Gasteiger partial charge in [0.25, 0.3) is 5.91 Å². The van der Waals surface area contributed by atoms with Gasteiger partial charge in [-0.15, -0.1) is 0 Å². The predicted molar refractivity (Wildman–Crippen MR) is 59.8 cm³/mol. The molecule has 0 spiro atoms. The van der Waals surface area contributed by atoms with Crippen molar-refractivity contribution in [3.63, 3.8) is 0 Å². The normalized spacial score (nSPS) is 9.87. The smallest absolute Gasteiger partial charge is 0.280 e. The van der Waals surface area contributed by atoms with Gasteiger partial charge in [-0.1, -0.05) is 15.9 Å². The summed E-state index contributed by atoms with van der Waals surface area (Å²) in [4.78, 5) is 16.6. The molecular weight excluding hydrogens is 262 g/mol. The third kappa shape index (κ3) is 2.70. The SMILES string of the molecule is COc1cc(Br)ccc1C(=O)N(C)OC. The molecule has 0 fully saturated rings. The summed E-state index contributed by atoms with van der Waals surface area (Å²) in [7, 11) is 4.50. The Morgan fingerprint density at radius 3 is 2.60 bits per heavy atom. The lowest BCUT2D eigenvalue weighted by Crippen LogP contribution is -2.25. The monoisotopic (exact) mass is 273 g/mol. The lowest BCUT2D eigenvalue weighted by Gasteiger charge is -2.15. The summed E-state index contributed by atoms with van der Waals surface area (Å²) in [5.41, 5.74) is 0.463. The summed E-state index contributed by atoms with van der Waals surface area (Å²) in [6.07, 6.45) is 0. The number of ether oxygens (including phenoxy) is 1. The second-order valence-corrected chi connectivity index (χ2v) is 3.75. The number of benzene rings is 1. The minimum Gasteiger partial charge on any atom is -0.496 e. The Balaban J connectivity index is 3.08. The Bertz CT molecular complexity index is 368. The molecule has 1 aromatic rings. The summed E-state index contributed by atoms with van der Waals surface area (Å²) < 4.78 is 5.97. The van der Waals surface area contributed by atoms with Crippen molar-refractivity contribution in [1.29, 1.82) is 0 Å². The fourth-order valence-corrected chi connectivity index (χ4v) is 1.43. The molecule has 0 aliphatic rings. The number of hydrogen-bond acceptors (Lipinski definition) is 3. The first-order valence-corrected chi connectivity index (χ1v) is 5.05. The maximum absolute atomic E-state index is 11.8. The van der Waals surface area contributed by atoms with E-state index in [9.17, 15) is 4.79 Å². The largest absolute Gasteiger partial charge is 0.496 e. The van der Waals surface area contributed by atoms with Gasteiger partial charge in [-0.05, 0) is 18.2 Å². The van der Waals surface area contributed by atoms with E-state index in [1.165, 1.54) is 14.2 Å². The number of carbonyl (C=O) groups excluding carboxylic acids is 1. The van der Waals surface area contributed by atoms with Crippen LogP contribution in [-0.4, -0.2) is 32.2 Å². The molecule has 0 aromatic heterocycles. The molecule has 0 saturated carbocycles. The highest BCUT2D eigenvalue weighted by Crippen LogP contribution is 2.24. The van der Waals surface area contributed by atoms with E-state index in [0.29, 0.717) is 11.3 Å². The number of carbonyl (C=O) groups is 1. The minimum absolute atomic E-state index is 0.248. The number of hydrogen-bond donors (Lipinski definition) is 0. The van der Waals surface area contributed by atoms with Gasteiger partial charge >= 0.3 is 0 Å². The van der Waals surface area contributed by atoms with E-state index in [1.807, 2.05) is 0 Å². The van der Waals surface area contributed by atoms with Gasteiger partial charge in [0.1, 0.15) is 5.75 Å². The van der Waals surface area contributed by atoms with Crippen LogP contribution in [0.2, 0.25) is 0 Å². The van der Waals surface area contributed by atoms with Gasteiger partial charge in [-0.2, -0.15) is 0 Å². The van der Waals surface area contributed by atoms with Crippen molar-refractivity contribution in [2.75, 3.05) is 21.3 Å². The zero-order chi connectivity index (χ0) is 11.4. The predicted octanol–water partition coefficient (Wildman–Crippen LogP) is 2.09. The maximum atomic E-state index is 11.8. The molecule has 5 heteroatoms. The summed E-state index contributed by atoms with van der Waals surface area (Å²) in [5, 5.41) is 1.14. The number of amides is 1. The van der Waals surface area contributed by atoms with Gasteiger partial charge in [0.2, 0.25) is 0 Å². The fourth-order valence-electron chi connectivity index (χ4n) is 1.09. The van der Waals surface area contributed by atoms with Crippen molar-refractivity contribution in [1.82, 2.24) is 5.06 Å². The van der Waals surface area contributed by atoms with E-state index < -0.39 is 0 Å². The van der Waals surface area contributed by atoms with Gasteiger partial charge < -0.3 is 4.74 Å². The summed E-state index contributed by atoms with van der Waals surface area (Å²) in [5.74, 6) is 0.264. The second-order valence-electron chi connectivity index (χ2n) is 2.83. The second kappa shape index (κ2) is 5.14. The Morgan fingerprint density at radius 1 is 1.40 bits per heavy atom. The van der Waals surface area contributed by atoms with Crippen LogP contribution >= 0.6 is 15.9 Å². The van der Waals surface area contributed by atoms with Gasteiger partial charge in [0.15, 0.2) is 0 Å². The topological polar surface area (TPSA) is 38.8 Å². The molecule has 0 bridgehead atoms. The van der Waals surface area contributed by atoms with Crippen molar-refractivity contribution in [2.45, 2.75) is 0 Å². The number of rotatable bonds is 3. The van der Waals surface area contributed by atoms with E-state index in [4.69, 9.17) is 9.57 Å². The highest BCUT2D eigenvalue weighted by molar-refractivity contribution is 9.10. The number of nitrogens with zero attached hydrogens (tertiary/aromatic N) is 1. The molecule has 0 radical (unpaired) electrons. The van der Waals surface area contributed by atoms with E-state index in [0.717, 1.165) is 9.54 Å². The van der Waals surface area contributed by atoms with E-state index in [-0.39, 0.29) is 5.91 Å². The van der Waals surface area contributed by atoms with Crippen LogP contribution < -0.4 is 4.74 Å². The van der Waals surface area contributed by atoms with Crippen LogP contribution in [0.15, 0.2) is 22.7 Å². The lowest BCUT2D eigenvalue weighted by atomic mass is 10.2. The van der Waals surface area contributed by atoms with Crippen molar-refractivity contribution in [3.8, 4) is 5.75 Å². The van der Waals surface area contributed by atoms with Crippen LogP contribution in [0.25, 0.3) is 0 Å². The van der Waals surface area contributed by atoms with Crippen molar-refractivity contribution < 1.29 is 14.4 Å². The third-order valence-electron chi connectivity index (χ3n) is 1.95. The molecule has 0 unspecified atom stereocenters. The molecule has 0 aliphatic heterocycles. The lowest BCUT2D eigenvalue weighted by molar-refractivity contribution is -0.0758. The van der Waals surface area contributed by atoms with Crippen molar-refractivity contribution in [2.24, 2.45) is 0 Å². The number of hydroxylamine groups is 2. The summed E-state index contributed by atoms with van der Waals surface area (Å²) in [6.45, 7) is 0. The molecule has 0 N–H and O–H groups in total. The first-order chi connectivity index (χ1) is 7.10. The minimum atomic E-state index is -0.248.